The van der Waals surface area contributed by atoms with Crippen molar-refractivity contribution < 1.29 is 18.4 Å². The zero-order valence-electron chi connectivity index (χ0n) is 19.0. The molecule has 3 rings (SSSR count). The third-order valence-corrected chi connectivity index (χ3v) is 10.1. The summed E-state index contributed by atoms with van der Waals surface area (Å²) in [7, 11) is 0.312. The van der Waals surface area contributed by atoms with Crippen LogP contribution in [-0.4, -0.2) is 29.5 Å². The maximum atomic E-state index is 14.8. The molecule has 0 aromatic heterocycles. The van der Waals surface area contributed by atoms with Crippen LogP contribution in [0.3, 0.4) is 0 Å². The van der Waals surface area contributed by atoms with Crippen LogP contribution in [0.2, 0.25) is 0 Å². The van der Waals surface area contributed by atoms with Gasteiger partial charge < -0.3 is 14.0 Å². The van der Waals surface area contributed by atoms with Crippen LogP contribution in [0.25, 0.3) is 11.1 Å². The molecule has 1 aliphatic rings. The SMILES string of the molecule is COc1ccc(F)c(-c2ccc(COS(C)(C)C(C)(C)C)cc2C2(O)CCCC2)c1. The van der Waals surface area contributed by atoms with Crippen LogP contribution in [0.1, 0.15) is 57.6 Å². The molecule has 1 fully saturated rings. The lowest BCUT2D eigenvalue weighted by atomic mass is 9.84. The van der Waals surface area contributed by atoms with Crippen LogP contribution in [0.15, 0.2) is 36.4 Å². The van der Waals surface area contributed by atoms with Crippen molar-refractivity contribution in [1.29, 1.82) is 0 Å². The highest BCUT2D eigenvalue weighted by Gasteiger charge is 2.36. The molecule has 166 valence electrons. The van der Waals surface area contributed by atoms with Gasteiger partial charge in [-0.1, -0.05) is 45.7 Å². The highest BCUT2D eigenvalue weighted by atomic mass is 32.3. The molecular formula is C25H35FO3S. The Balaban J connectivity index is 2.03. The zero-order chi connectivity index (χ0) is 22.2. The second kappa shape index (κ2) is 8.52. The molecule has 1 N–H and O–H groups in total. The Morgan fingerprint density at radius 1 is 1.03 bits per heavy atom. The molecule has 0 saturated heterocycles. The van der Waals surface area contributed by atoms with E-state index in [9.17, 15) is 9.50 Å². The molecule has 2 aromatic rings. The van der Waals surface area contributed by atoms with Gasteiger partial charge >= 0.3 is 0 Å². The lowest BCUT2D eigenvalue weighted by molar-refractivity contribution is 0.0449. The first-order chi connectivity index (χ1) is 14.0. The van der Waals surface area contributed by atoms with Crippen molar-refractivity contribution in [2.45, 2.75) is 63.4 Å². The lowest BCUT2D eigenvalue weighted by Gasteiger charge is -2.43. The molecule has 2 aromatic carbocycles. The van der Waals surface area contributed by atoms with Gasteiger partial charge in [-0.3, -0.25) is 0 Å². The van der Waals surface area contributed by atoms with E-state index in [1.165, 1.54) is 6.07 Å². The van der Waals surface area contributed by atoms with Gasteiger partial charge in [0.15, 0.2) is 0 Å². The molecule has 0 atom stereocenters. The lowest BCUT2D eigenvalue weighted by Crippen LogP contribution is -2.25. The van der Waals surface area contributed by atoms with Crippen LogP contribution < -0.4 is 4.74 Å². The number of benzene rings is 2. The van der Waals surface area contributed by atoms with Crippen molar-refractivity contribution >= 4 is 10.3 Å². The Morgan fingerprint density at radius 2 is 1.70 bits per heavy atom. The fraction of sp³-hybridized carbons (Fsp3) is 0.520. The van der Waals surface area contributed by atoms with Gasteiger partial charge in [0.25, 0.3) is 0 Å². The first-order valence-electron chi connectivity index (χ1n) is 10.5. The Hall–Kier alpha value is -1.56. The molecule has 1 aliphatic carbocycles. The summed E-state index contributed by atoms with van der Waals surface area (Å²) >= 11 is 0. The fourth-order valence-electron chi connectivity index (χ4n) is 3.76. The van der Waals surface area contributed by atoms with Crippen molar-refractivity contribution in [1.82, 2.24) is 0 Å². The van der Waals surface area contributed by atoms with E-state index in [0.29, 0.717) is 30.8 Å². The van der Waals surface area contributed by atoms with E-state index in [0.717, 1.165) is 29.5 Å². The molecule has 1 saturated carbocycles. The number of ether oxygens (including phenoxy) is 1. The summed E-state index contributed by atoms with van der Waals surface area (Å²) < 4.78 is 26.5. The minimum atomic E-state index is -1.26. The van der Waals surface area contributed by atoms with Crippen molar-refractivity contribution in [3.8, 4) is 16.9 Å². The van der Waals surface area contributed by atoms with Gasteiger partial charge in [-0.05, 0) is 66.3 Å². The molecule has 0 aliphatic heterocycles. The second-order valence-electron chi connectivity index (χ2n) is 9.57. The molecule has 0 bridgehead atoms. The van der Waals surface area contributed by atoms with Gasteiger partial charge in [0, 0.05) is 10.3 Å². The summed E-state index contributed by atoms with van der Waals surface area (Å²) in [5.74, 6) is 0.277. The standard InChI is InChI=1S/C25H35FO3S/c1-24(2,3)30(5,6)29-17-18-9-11-20(21-16-19(28-4)10-12-23(21)26)22(15-18)25(27)13-7-8-14-25/h9-12,15-16,27H,7-8,13-14,17H2,1-6H3. The van der Waals surface area contributed by atoms with Gasteiger partial charge in [-0.25, -0.2) is 4.39 Å². The van der Waals surface area contributed by atoms with Crippen molar-refractivity contribution in [2.75, 3.05) is 19.6 Å². The van der Waals surface area contributed by atoms with Crippen molar-refractivity contribution in [3.05, 3.63) is 53.3 Å². The first-order valence-corrected chi connectivity index (χ1v) is 12.9. The third-order valence-electron chi connectivity index (χ3n) is 6.47. The molecule has 30 heavy (non-hydrogen) atoms. The average molecular weight is 435 g/mol. The Kier molecular flexibility index (Phi) is 6.57. The number of hydrogen-bond acceptors (Lipinski definition) is 3. The topological polar surface area (TPSA) is 38.7 Å². The minimum absolute atomic E-state index is 0.0726. The second-order valence-corrected chi connectivity index (χ2v) is 13.5. The van der Waals surface area contributed by atoms with Crippen LogP contribution in [0.4, 0.5) is 4.39 Å². The van der Waals surface area contributed by atoms with Gasteiger partial charge in [0.05, 0.1) is 19.3 Å². The van der Waals surface area contributed by atoms with Gasteiger partial charge in [0.2, 0.25) is 0 Å². The van der Waals surface area contributed by atoms with E-state index in [2.05, 4.69) is 33.3 Å². The highest BCUT2D eigenvalue weighted by Crippen LogP contribution is 2.54. The van der Waals surface area contributed by atoms with Gasteiger partial charge in [-0.15, -0.1) is 10.3 Å². The number of hydrogen-bond donors (Lipinski definition) is 1. The quantitative estimate of drug-likeness (QED) is 0.560. The largest absolute Gasteiger partial charge is 0.497 e. The summed E-state index contributed by atoms with van der Waals surface area (Å²) in [6.45, 7) is 7.07. The van der Waals surface area contributed by atoms with Crippen LogP contribution in [0.5, 0.6) is 5.75 Å². The first kappa shape index (κ1) is 23.1. The number of halogens is 1. The van der Waals surface area contributed by atoms with Gasteiger partial charge in [-0.2, -0.15) is 0 Å². The Morgan fingerprint density at radius 3 is 2.30 bits per heavy atom. The normalized spacial score (nSPS) is 17.2. The number of aliphatic hydroxyl groups is 1. The highest BCUT2D eigenvalue weighted by molar-refractivity contribution is 8.29. The fourth-order valence-corrected chi connectivity index (χ4v) is 4.54. The van der Waals surface area contributed by atoms with E-state index < -0.39 is 15.9 Å². The molecule has 5 heteroatoms. The van der Waals surface area contributed by atoms with E-state index in [-0.39, 0.29) is 10.6 Å². The van der Waals surface area contributed by atoms with Crippen molar-refractivity contribution in [3.63, 3.8) is 0 Å². The predicted octanol–water partition coefficient (Wildman–Crippen LogP) is 6.56. The maximum Gasteiger partial charge on any atom is 0.131 e. The number of rotatable bonds is 6. The molecule has 0 amide bonds. The van der Waals surface area contributed by atoms with E-state index in [1.54, 1.807) is 19.2 Å². The summed E-state index contributed by atoms with van der Waals surface area (Å²) in [6.07, 6.45) is 7.68. The van der Waals surface area contributed by atoms with Crippen LogP contribution in [0, 0.1) is 5.82 Å². The molecule has 0 heterocycles. The van der Waals surface area contributed by atoms with E-state index in [1.807, 2.05) is 18.2 Å². The number of methoxy groups -OCH3 is 1. The molecule has 0 radical (unpaired) electrons. The molecule has 0 spiro atoms. The molecular weight excluding hydrogens is 399 g/mol. The summed E-state index contributed by atoms with van der Waals surface area (Å²) in [4.78, 5) is 0. The summed E-state index contributed by atoms with van der Waals surface area (Å²) in [6, 6.07) is 10.6. The third kappa shape index (κ3) is 4.68. The molecule has 3 nitrogen and oxygen atoms in total. The van der Waals surface area contributed by atoms with E-state index >= 15 is 0 Å². The van der Waals surface area contributed by atoms with Crippen molar-refractivity contribution in [2.24, 2.45) is 0 Å². The molecule has 0 unspecified atom stereocenters. The van der Waals surface area contributed by atoms with E-state index in [4.69, 9.17) is 8.92 Å². The van der Waals surface area contributed by atoms with Gasteiger partial charge in [0.1, 0.15) is 11.6 Å². The summed E-state index contributed by atoms with van der Waals surface area (Å²) in [5.41, 5.74) is 2.03. The summed E-state index contributed by atoms with van der Waals surface area (Å²) in [5, 5.41) is 11.4. The maximum absolute atomic E-state index is 14.8. The Bertz CT molecular complexity index is 896. The predicted molar refractivity (Wildman–Crippen MR) is 125 cm³/mol. The smallest absolute Gasteiger partial charge is 0.131 e. The minimum Gasteiger partial charge on any atom is -0.497 e. The Labute approximate surface area is 182 Å². The van der Waals surface area contributed by atoms with Crippen LogP contribution in [-0.2, 0) is 16.4 Å². The average Bonchev–Trinajstić information content (AvgIpc) is 3.13. The monoisotopic (exact) mass is 434 g/mol. The zero-order valence-corrected chi connectivity index (χ0v) is 19.9. The van der Waals surface area contributed by atoms with Crippen LogP contribution >= 0.6 is 10.3 Å².